The lowest BCUT2D eigenvalue weighted by Crippen LogP contribution is -2.45. The first-order chi connectivity index (χ1) is 8.43. The molecule has 0 bridgehead atoms. The zero-order valence-electron chi connectivity index (χ0n) is 10.1. The monoisotopic (exact) mass is 255 g/mol. The largest absolute Gasteiger partial charge is 0.379 e. The highest BCUT2D eigenvalue weighted by Gasteiger charge is 2.43. The van der Waals surface area contributed by atoms with Crippen LogP contribution < -0.4 is 5.73 Å². The molecule has 0 amide bonds. The molecule has 0 aliphatic carbocycles. The summed E-state index contributed by atoms with van der Waals surface area (Å²) in [5, 5.41) is 0. The number of hydrogen-bond donors (Lipinski definition) is 1. The number of ketones is 1. The lowest BCUT2D eigenvalue weighted by atomic mass is 9.79. The molecule has 1 aromatic rings. The minimum atomic E-state index is -0.791. The third kappa shape index (κ3) is 2.28. The zero-order valence-corrected chi connectivity index (χ0v) is 10.1. The van der Waals surface area contributed by atoms with Gasteiger partial charge in [-0.15, -0.1) is 0 Å². The molecule has 1 heterocycles. The SMILES string of the molecule is CC1(C(=O)Cc2ccc(F)cc2F)COCC1N. The third-order valence-electron chi connectivity index (χ3n) is 3.52. The van der Waals surface area contributed by atoms with E-state index in [1.807, 2.05) is 0 Å². The minimum Gasteiger partial charge on any atom is -0.379 e. The third-order valence-corrected chi connectivity index (χ3v) is 3.52. The van der Waals surface area contributed by atoms with Crippen molar-refractivity contribution in [2.75, 3.05) is 13.2 Å². The highest BCUT2D eigenvalue weighted by molar-refractivity contribution is 5.87. The summed E-state index contributed by atoms with van der Waals surface area (Å²) in [5.74, 6) is -1.55. The molecule has 2 atom stereocenters. The van der Waals surface area contributed by atoms with Crippen molar-refractivity contribution in [2.24, 2.45) is 11.1 Å². The second-order valence-corrected chi connectivity index (χ2v) is 4.87. The van der Waals surface area contributed by atoms with Crippen molar-refractivity contribution in [2.45, 2.75) is 19.4 Å². The Morgan fingerprint density at radius 2 is 2.28 bits per heavy atom. The standard InChI is InChI=1S/C13H15F2NO2/c1-13(7-18-6-11(13)16)12(17)4-8-2-3-9(14)5-10(8)15/h2-3,5,11H,4,6-7,16H2,1H3. The van der Waals surface area contributed by atoms with Gasteiger partial charge in [0.15, 0.2) is 0 Å². The second-order valence-electron chi connectivity index (χ2n) is 4.87. The highest BCUT2D eigenvalue weighted by Crippen LogP contribution is 2.29. The van der Waals surface area contributed by atoms with E-state index in [9.17, 15) is 13.6 Å². The van der Waals surface area contributed by atoms with Gasteiger partial charge in [-0.2, -0.15) is 0 Å². The molecule has 0 saturated carbocycles. The van der Waals surface area contributed by atoms with Crippen LogP contribution in [0, 0.1) is 17.0 Å². The summed E-state index contributed by atoms with van der Waals surface area (Å²) in [4.78, 5) is 12.2. The number of carbonyl (C=O) groups excluding carboxylic acids is 1. The van der Waals surface area contributed by atoms with E-state index >= 15 is 0 Å². The number of ether oxygens (including phenoxy) is 1. The van der Waals surface area contributed by atoms with Crippen LogP contribution in [0.3, 0.4) is 0 Å². The van der Waals surface area contributed by atoms with Gasteiger partial charge in [-0.3, -0.25) is 4.79 Å². The van der Waals surface area contributed by atoms with Gasteiger partial charge in [0.05, 0.1) is 18.6 Å². The summed E-state index contributed by atoms with van der Waals surface area (Å²) in [6.45, 7) is 2.29. The zero-order chi connectivity index (χ0) is 13.3. The van der Waals surface area contributed by atoms with Crippen molar-refractivity contribution >= 4 is 5.78 Å². The molecule has 1 aromatic carbocycles. The molecular formula is C13H15F2NO2. The molecule has 1 aliphatic rings. The number of halogens is 2. The van der Waals surface area contributed by atoms with Crippen molar-refractivity contribution in [1.82, 2.24) is 0 Å². The van der Waals surface area contributed by atoms with Crippen LogP contribution >= 0.6 is 0 Å². The van der Waals surface area contributed by atoms with E-state index < -0.39 is 17.0 Å². The van der Waals surface area contributed by atoms with Crippen molar-refractivity contribution in [3.05, 3.63) is 35.4 Å². The Bertz CT molecular complexity index is 478. The molecule has 18 heavy (non-hydrogen) atoms. The van der Waals surface area contributed by atoms with Crippen LogP contribution in [0.4, 0.5) is 8.78 Å². The van der Waals surface area contributed by atoms with E-state index in [1.165, 1.54) is 6.07 Å². The molecule has 0 radical (unpaired) electrons. The van der Waals surface area contributed by atoms with Gasteiger partial charge in [-0.25, -0.2) is 8.78 Å². The quantitative estimate of drug-likeness (QED) is 0.889. The molecule has 0 aromatic heterocycles. The normalized spacial score (nSPS) is 27.4. The predicted molar refractivity (Wildman–Crippen MR) is 62.0 cm³/mol. The molecule has 3 nitrogen and oxygen atoms in total. The van der Waals surface area contributed by atoms with Gasteiger partial charge in [0.2, 0.25) is 0 Å². The number of Topliss-reactive ketones (excluding diaryl/α,β-unsaturated/α-hetero) is 1. The van der Waals surface area contributed by atoms with Gasteiger partial charge in [0, 0.05) is 18.5 Å². The van der Waals surface area contributed by atoms with E-state index in [2.05, 4.69) is 0 Å². The van der Waals surface area contributed by atoms with E-state index in [4.69, 9.17) is 10.5 Å². The molecule has 1 saturated heterocycles. The second kappa shape index (κ2) is 4.74. The Kier molecular flexibility index (Phi) is 3.45. The van der Waals surface area contributed by atoms with Crippen LogP contribution in [-0.4, -0.2) is 25.0 Å². The summed E-state index contributed by atoms with van der Waals surface area (Å²) in [7, 11) is 0. The fraction of sp³-hybridized carbons (Fsp3) is 0.462. The maximum atomic E-state index is 13.5. The Morgan fingerprint density at radius 1 is 1.56 bits per heavy atom. The summed E-state index contributed by atoms with van der Waals surface area (Å²) < 4.78 is 31.4. The van der Waals surface area contributed by atoms with Crippen molar-refractivity contribution in [1.29, 1.82) is 0 Å². The minimum absolute atomic E-state index is 0.0975. The van der Waals surface area contributed by atoms with Crippen LogP contribution in [0.5, 0.6) is 0 Å². The van der Waals surface area contributed by atoms with E-state index in [0.717, 1.165) is 12.1 Å². The van der Waals surface area contributed by atoms with Crippen LogP contribution in [0.2, 0.25) is 0 Å². The van der Waals surface area contributed by atoms with E-state index in [1.54, 1.807) is 6.92 Å². The van der Waals surface area contributed by atoms with Crippen molar-refractivity contribution < 1.29 is 18.3 Å². The first-order valence-electron chi connectivity index (χ1n) is 5.74. The molecule has 1 aliphatic heterocycles. The molecule has 5 heteroatoms. The molecule has 2 N–H and O–H groups in total. The van der Waals surface area contributed by atoms with Crippen LogP contribution in [0.1, 0.15) is 12.5 Å². The molecule has 2 rings (SSSR count). The maximum Gasteiger partial charge on any atom is 0.147 e. The molecule has 1 fully saturated rings. The van der Waals surface area contributed by atoms with E-state index in [-0.39, 0.29) is 30.4 Å². The Hall–Kier alpha value is -1.33. The smallest absolute Gasteiger partial charge is 0.147 e. The van der Waals surface area contributed by atoms with Gasteiger partial charge in [-0.05, 0) is 18.6 Å². The van der Waals surface area contributed by atoms with Crippen molar-refractivity contribution in [3.63, 3.8) is 0 Å². The average molecular weight is 255 g/mol. The van der Waals surface area contributed by atoms with Gasteiger partial charge in [0.1, 0.15) is 17.4 Å². The Balaban J connectivity index is 2.16. The predicted octanol–water partition coefficient (Wildman–Crippen LogP) is 1.44. The fourth-order valence-corrected chi connectivity index (χ4v) is 2.02. The number of rotatable bonds is 3. The molecule has 2 unspecified atom stereocenters. The van der Waals surface area contributed by atoms with Gasteiger partial charge < -0.3 is 10.5 Å². The number of carbonyl (C=O) groups is 1. The Morgan fingerprint density at radius 3 is 2.83 bits per heavy atom. The van der Waals surface area contributed by atoms with Crippen LogP contribution in [0.15, 0.2) is 18.2 Å². The lowest BCUT2D eigenvalue weighted by Gasteiger charge is -2.25. The highest BCUT2D eigenvalue weighted by atomic mass is 19.1. The van der Waals surface area contributed by atoms with Gasteiger partial charge >= 0.3 is 0 Å². The lowest BCUT2D eigenvalue weighted by molar-refractivity contribution is -0.127. The summed E-state index contributed by atoms with van der Waals surface area (Å²) in [6.07, 6.45) is -0.0975. The van der Waals surface area contributed by atoms with Crippen LogP contribution in [0.25, 0.3) is 0 Å². The Labute approximate surface area is 104 Å². The number of benzene rings is 1. The van der Waals surface area contributed by atoms with Gasteiger partial charge in [-0.1, -0.05) is 6.07 Å². The summed E-state index contributed by atoms with van der Waals surface area (Å²) >= 11 is 0. The average Bonchev–Trinajstić information content (AvgIpc) is 2.64. The van der Waals surface area contributed by atoms with Crippen LogP contribution in [-0.2, 0) is 16.0 Å². The fourth-order valence-electron chi connectivity index (χ4n) is 2.02. The number of hydrogen-bond acceptors (Lipinski definition) is 3. The molecule has 0 spiro atoms. The molecule has 98 valence electrons. The van der Waals surface area contributed by atoms with Crippen molar-refractivity contribution in [3.8, 4) is 0 Å². The van der Waals surface area contributed by atoms with E-state index in [0.29, 0.717) is 6.61 Å². The maximum absolute atomic E-state index is 13.5. The summed E-state index contributed by atoms with van der Waals surface area (Å²) in [5.41, 5.74) is 5.22. The van der Waals surface area contributed by atoms with Gasteiger partial charge in [0.25, 0.3) is 0 Å². The molecular weight excluding hydrogens is 240 g/mol. The number of nitrogens with two attached hydrogens (primary N) is 1. The first-order valence-corrected chi connectivity index (χ1v) is 5.74. The topological polar surface area (TPSA) is 52.3 Å². The first kappa shape index (κ1) is 13.1. The summed E-state index contributed by atoms with van der Waals surface area (Å²) in [6, 6.07) is 2.82.